The minimum Gasteiger partial charge on any atom is -0.494 e. The quantitative estimate of drug-likeness (QED) is 0.481. The van der Waals surface area contributed by atoms with E-state index in [1.165, 1.54) is 0 Å². The fraction of sp³-hybridized carbons (Fsp3) is 0.273. The van der Waals surface area contributed by atoms with Crippen molar-refractivity contribution in [1.82, 2.24) is 14.8 Å². The Bertz CT molecular complexity index is 1190. The largest absolute Gasteiger partial charge is 0.494 e. The van der Waals surface area contributed by atoms with Crippen molar-refractivity contribution in [3.63, 3.8) is 0 Å². The van der Waals surface area contributed by atoms with E-state index in [9.17, 15) is 5.11 Å². The van der Waals surface area contributed by atoms with Gasteiger partial charge >= 0.3 is 0 Å². The van der Waals surface area contributed by atoms with Crippen molar-refractivity contribution in [1.29, 1.82) is 0 Å². The summed E-state index contributed by atoms with van der Waals surface area (Å²) in [4.78, 5) is 7.52. The highest BCUT2D eigenvalue weighted by atomic mass is 16.3. The number of aromatic amines is 1. The molecule has 0 radical (unpaired) electrons. The highest BCUT2D eigenvalue weighted by Gasteiger charge is 2.22. The van der Waals surface area contributed by atoms with Gasteiger partial charge in [0.15, 0.2) is 11.7 Å². The first-order valence-electron chi connectivity index (χ1n) is 9.23. The van der Waals surface area contributed by atoms with E-state index in [0.717, 1.165) is 33.7 Å². The number of nitrogens with one attached hydrogen (secondary N) is 1. The van der Waals surface area contributed by atoms with E-state index >= 15 is 0 Å². The lowest BCUT2D eigenvalue weighted by atomic mass is 9.93. The minimum absolute atomic E-state index is 0.0639. The molecule has 28 heavy (non-hydrogen) atoms. The molecule has 0 atom stereocenters. The summed E-state index contributed by atoms with van der Waals surface area (Å²) in [5.41, 5.74) is 3.25. The van der Waals surface area contributed by atoms with Crippen molar-refractivity contribution >= 4 is 22.9 Å². The molecule has 0 aliphatic heterocycles. The zero-order chi connectivity index (χ0) is 20.1. The highest BCUT2D eigenvalue weighted by molar-refractivity contribution is 6.02. The van der Waals surface area contributed by atoms with Crippen LogP contribution in [0.5, 0.6) is 5.88 Å². The van der Waals surface area contributed by atoms with Gasteiger partial charge in [-0.3, -0.25) is 4.68 Å². The van der Waals surface area contributed by atoms with Crippen LogP contribution in [0.1, 0.15) is 37.9 Å². The number of benzene rings is 1. The fourth-order valence-corrected chi connectivity index (χ4v) is 3.23. The van der Waals surface area contributed by atoms with E-state index in [0.29, 0.717) is 11.4 Å². The molecule has 0 unspecified atom stereocenters. The van der Waals surface area contributed by atoms with Crippen LogP contribution in [0.15, 0.2) is 45.8 Å². The van der Waals surface area contributed by atoms with Crippen LogP contribution < -0.4 is 0 Å². The average molecular weight is 376 g/mol. The maximum absolute atomic E-state index is 10.2. The lowest BCUT2D eigenvalue weighted by Crippen LogP contribution is -2.09. The summed E-state index contributed by atoms with van der Waals surface area (Å²) in [6, 6.07) is 11.7. The Kier molecular flexibility index (Phi) is 4.14. The summed E-state index contributed by atoms with van der Waals surface area (Å²) in [6.45, 7) is 8.32. The molecule has 1 aromatic carbocycles. The Morgan fingerprint density at radius 2 is 1.96 bits per heavy atom. The standard InChI is InChI=1S/C22H24N4O2/c1-13-15(10-19(28-13)22(2,3)4)18-11-20(26(5)25-18)23-12-16-14-8-6-7-9-17(14)24-21(16)27/h6-12,24,27H,1-5H3/b23-12+. The van der Waals surface area contributed by atoms with Crippen molar-refractivity contribution < 1.29 is 9.52 Å². The van der Waals surface area contributed by atoms with Gasteiger partial charge in [-0.15, -0.1) is 0 Å². The number of furan rings is 1. The summed E-state index contributed by atoms with van der Waals surface area (Å²) in [6.07, 6.45) is 1.66. The SMILES string of the molecule is Cc1oc(C(C)(C)C)cc1-c1cc(/N=C/c2c(O)[nH]c3ccccc23)n(C)n1. The Hall–Kier alpha value is -3.28. The van der Waals surface area contributed by atoms with Crippen molar-refractivity contribution in [2.45, 2.75) is 33.1 Å². The molecule has 0 saturated carbocycles. The van der Waals surface area contributed by atoms with Gasteiger partial charge in [0.2, 0.25) is 0 Å². The van der Waals surface area contributed by atoms with Gasteiger partial charge < -0.3 is 14.5 Å². The molecule has 6 heteroatoms. The van der Waals surface area contributed by atoms with Gasteiger partial charge in [-0.1, -0.05) is 39.0 Å². The summed E-state index contributed by atoms with van der Waals surface area (Å²) in [5.74, 6) is 2.57. The molecule has 6 nitrogen and oxygen atoms in total. The van der Waals surface area contributed by atoms with Crippen molar-refractivity contribution in [2.75, 3.05) is 0 Å². The highest BCUT2D eigenvalue weighted by Crippen LogP contribution is 2.34. The third kappa shape index (κ3) is 3.11. The number of nitrogens with zero attached hydrogens (tertiary/aromatic N) is 3. The summed E-state index contributed by atoms with van der Waals surface area (Å²) in [7, 11) is 1.85. The molecule has 0 fully saturated rings. The van der Waals surface area contributed by atoms with Gasteiger partial charge in [0.25, 0.3) is 0 Å². The van der Waals surface area contributed by atoms with Crippen LogP contribution in [0.2, 0.25) is 0 Å². The van der Waals surface area contributed by atoms with Crippen molar-refractivity contribution in [3.05, 3.63) is 53.5 Å². The fourth-order valence-electron chi connectivity index (χ4n) is 3.23. The number of aromatic nitrogens is 3. The molecule has 2 N–H and O–H groups in total. The predicted molar refractivity (Wildman–Crippen MR) is 112 cm³/mol. The second-order valence-corrected chi connectivity index (χ2v) is 8.03. The summed E-state index contributed by atoms with van der Waals surface area (Å²) < 4.78 is 7.66. The number of hydrogen-bond acceptors (Lipinski definition) is 4. The van der Waals surface area contributed by atoms with Gasteiger partial charge in [-0.25, -0.2) is 4.99 Å². The number of fused-ring (bicyclic) bond motifs is 1. The number of H-pyrrole nitrogens is 1. The third-order valence-electron chi connectivity index (χ3n) is 4.84. The lowest BCUT2D eigenvalue weighted by Gasteiger charge is -2.13. The molecule has 144 valence electrons. The van der Waals surface area contributed by atoms with Crippen LogP contribution >= 0.6 is 0 Å². The third-order valence-corrected chi connectivity index (χ3v) is 4.84. The number of hydrogen-bond donors (Lipinski definition) is 2. The van der Waals surface area contributed by atoms with Gasteiger partial charge in [0, 0.05) is 41.2 Å². The van der Waals surface area contributed by atoms with Crippen molar-refractivity contribution in [3.8, 4) is 17.1 Å². The van der Waals surface area contributed by atoms with Gasteiger partial charge in [-0.2, -0.15) is 5.10 Å². The van der Waals surface area contributed by atoms with Crippen LogP contribution in [0, 0.1) is 6.92 Å². The number of rotatable bonds is 3. The molecule has 0 saturated heterocycles. The second-order valence-electron chi connectivity index (χ2n) is 8.03. The van der Waals surface area contributed by atoms with Gasteiger partial charge in [-0.05, 0) is 19.1 Å². The molecule has 0 aliphatic rings. The molecule has 0 spiro atoms. The number of aliphatic imine (C=N–C) groups is 1. The topological polar surface area (TPSA) is 79.3 Å². The summed E-state index contributed by atoms with van der Waals surface area (Å²) >= 11 is 0. The number of para-hydroxylation sites is 1. The molecule has 3 heterocycles. The first-order valence-corrected chi connectivity index (χ1v) is 9.23. The zero-order valence-electron chi connectivity index (χ0n) is 16.7. The number of aryl methyl sites for hydroxylation is 2. The number of aromatic hydroxyl groups is 1. The van der Waals surface area contributed by atoms with E-state index in [1.807, 2.05) is 44.3 Å². The predicted octanol–water partition coefficient (Wildman–Crippen LogP) is 5.22. The minimum atomic E-state index is -0.0639. The molecule has 0 aliphatic carbocycles. The maximum atomic E-state index is 10.2. The van der Waals surface area contributed by atoms with Gasteiger partial charge in [0.05, 0.1) is 11.3 Å². The Morgan fingerprint density at radius 1 is 1.21 bits per heavy atom. The van der Waals surface area contributed by atoms with E-state index in [2.05, 4.69) is 41.9 Å². The molecule has 0 amide bonds. The molecular weight excluding hydrogens is 352 g/mol. The van der Waals surface area contributed by atoms with Gasteiger partial charge in [0.1, 0.15) is 11.5 Å². The molecule has 4 rings (SSSR count). The van der Waals surface area contributed by atoms with Crippen LogP contribution in [0.25, 0.3) is 22.2 Å². The van der Waals surface area contributed by atoms with Crippen molar-refractivity contribution in [2.24, 2.45) is 12.0 Å². The molecular formula is C22H24N4O2. The van der Waals surface area contributed by atoms with Crippen LogP contribution in [0.4, 0.5) is 5.82 Å². The molecule has 4 aromatic rings. The molecule has 3 aromatic heterocycles. The monoisotopic (exact) mass is 376 g/mol. The van der Waals surface area contributed by atoms with Crippen LogP contribution in [0.3, 0.4) is 0 Å². The van der Waals surface area contributed by atoms with E-state index < -0.39 is 0 Å². The first kappa shape index (κ1) is 18.1. The van der Waals surface area contributed by atoms with E-state index in [-0.39, 0.29) is 11.3 Å². The normalized spacial score (nSPS) is 12.5. The van der Waals surface area contributed by atoms with Crippen LogP contribution in [-0.4, -0.2) is 26.1 Å². The second kappa shape index (κ2) is 6.41. The zero-order valence-corrected chi connectivity index (χ0v) is 16.7. The smallest absolute Gasteiger partial charge is 0.198 e. The maximum Gasteiger partial charge on any atom is 0.198 e. The Balaban J connectivity index is 1.70. The van der Waals surface area contributed by atoms with E-state index in [4.69, 9.17) is 4.42 Å². The molecule has 0 bridgehead atoms. The Labute approximate surface area is 163 Å². The Morgan fingerprint density at radius 3 is 2.68 bits per heavy atom. The van der Waals surface area contributed by atoms with E-state index in [1.54, 1.807) is 10.9 Å². The van der Waals surface area contributed by atoms with Crippen LogP contribution in [-0.2, 0) is 12.5 Å². The first-order chi connectivity index (χ1) is 13.2. The average Bonchev–Trinajstić information content (AvgIpc) is 3.27. The summed E-state index contributed by atoms with van der Waals surface area (Å²) in [5, 5.41) is 15.7. The lowest BCUT2D eigenvalue weighted by molar-refractivity contribution is 0.396.